The van der Waals surface area contributed by atoms with Gasteiger partial charge in [-0.15, -0.1) is 11.3 Å². The van der Waals surface area contributed by atoms with Gasteiger partial charge in [-0.2, -0.15) is 0 Å². The van der Waals surface area contributed by atoms with Crippen molar-refractivity contribution < 1.29 is 14.4 Å². The van der Waals surface area contributed by atoms with Gasteiger partial charge in [-0.05, 0) is 50.1 Å². The molecule has 0 radical (unpaired) electrons. The van der Waals surface area contributed by atoms with Crippen molar-refractivity contribution >= 4 is 27.3 Å². The van der Waals surface area contributed by atoms with Gasteiger partial charge in [0.15, 0.2) is 10.8 Å². The van der Waals surface area contributed by atoms with Crippen molar-refractivity contribution in [1.29, 1.82) is 0 Å². The van der Waals surface area contributed by atoms with Gasteiger partial charge in [0, 0.05) is 17.5 Å². The molecule has 1 N–H and O–H groups in total. The molecule has 1 aliphatic rings. The minimum atomic E-state index is 0.0928. The van der Waals surface area contributed by atoms with Crippen molar-refractivity contribution in [2.45, 2.75) is 38.8 Å². The number of aromatic nitrogens is 1. The first-order valence-corrected chi connectivity index (χ1v) is 10.4. The van der Waals surface area contributed by atoms with Crippen LogP contribution < -0.4 is 9.64 Å². The van der Waals surface area contributed by atoms with Crippen molar-refractivity contribution in [2.75, 3.05) is 13.7 Å². The third-order valence-corrected chi connectivity index (χ3v) is 6.60. The zero-order chi connectivity index (χ0) is 18.8. The molecule has 0 spiro atoms. The molecule has 0 bridgehead atoms. The second kappa shape index (κ2) is 7.79. The Morgan fingerprint density at radius 1 is 1.26 bits per heavy atom. The van der Waals surface area contributed by atoms with Crippen LogP contribution in [0.2, 0.25) is 0 Å². The van der Waals surface area contributed by atoms with Crippen LogP contribution in [0.4, 0.5) is 0 Å². The minimum absolute atomic E-state index is 0.0928. The maximum atomic E-state index is 11.8. The van der Waals surface area contributed by atoms with E-state index in [1.54, 1.807) is 14.0 Å². The van der Waals surface area contributed by atoms with Crippen LogP contribution in [0.3, 0.4) is 0 Å². The van der Waals surface area contributed by atoms with Gasteiger partial charge >= 0.3 is 0 Å². The molecule has 2 atom stereocenters. The van der Waals surface area contributed by atoms with Crippen molar-refractivity contribution in [3.63, 3.8) is 0 Å². The van der Waals surface area contributed by atoms with Crippen LogP contribution in [-0.4, -0.2) is 24.4 Å². The lowest BCUT2D eigenvalue weighted by Gasteiger charge is -2.31. The topological polar surface area (TPSA) is 43.6 Å². The number of likely N-dealkylation sites (tertiary alicyclic amines) is 1. The average Bonchev–Trinajstić information content (AvgIpc) is 3.12. The Bertz CT molecular complexity index is 933. The highest BCUT2D eigenvalue weighted by Gasteiger charge is 2.31. The summed E-state index contributed by atoms with van der Waals surface area (Å²) in [5.41, 5.74) is 2.95. The third kappa shape index (κ3) is 3.75. The number of hydrogen-bond acceptors (Lipinski definition) is 4. The molecule has 2 aromatic carbocycles. The number of thiazole rings is 1. The summed E-state index contributed by atoms with van der Waals surface area (Å²) < 4.78 is 6.83. The van der Waals surface area contributed by atoms with Gasteiger partial charge in [0.2, 0.25) is 0 Å². The number of ether oxygens (including phenoxy) is 1. The summed E-state index contributed by atoms with van der Waals surface area (Å²) in [5, 5.41) is 1.23. The molecular formula is C22H25N2O2S+. The van der Waals surface area contributed by atoms with Gasteiger partial charge in [0.1, 0.15) is 18.3 Å². The van der Waals surface area contributed by atoms with Crippen molar-refractivity contribution in [3.05, 3.63) is 58.6 Å². The van der Waals surface area contributed by atoms with Crippen LogP contribution >= 0.6 is 11.3 Å². The number of para-hydroxylation sites is 1. The third-order valence-electron chi connectivity index (χ3n) is 5.45. The number of nitrogens with one attached hydrogen (secondary N) is 1. The molecule has 1 saturated heterocycles. The second-order valence-corrected chi connectivity index (χ2v) is 8.30. The summed E-state index contributed by atoms with van der Waals surface area (Å²) in [6.07, 6.45) is 3.63. The fraction of sp³-hybridized carbons (Fsp3) is 0.364. The highest BCUT2D eigenvalue weighted by molar-refractivity contribution is 7.18. The quantitative estimate of drug-likeness (QED) is 0.684. The number of nitrogens with zero attached hydrogens (tertiary/aromatic N) is 1. The number of rotatable bonds is 5. The molecule has 0 amide bonds. The Hall–Kier alpha value is -2.24. The molecule has 4 nitrogen and oxygen atoms in total. The predicted octanol–water partition coefficient (Wildman–Crippen LogP) is 3.82. The lowest BCUT2D eigenvalue weighted by atomic mass is 10.00. The SMILES string of the molecule is COc1ccc(C(C)=O)cc1C[NH+]1CCCC[C@H]1c1nc2ccccc2s1. The van der Waals surface area contributed by atoms with Gasteiger partial charge in [0.25, 0.3) is 0 Å². The van der Waals surface area contributed by atoms with Gasteiger partial charge < -0.3 is 9.64 Å². The molecule has 0 aliphatic carbocycles. The van der Waals surface area contributed by atoms with E-state index in [4.69, 9.17) is 9.72 Å². The summed E-state index contributed by atoms with van der Waals surface area (Å²) in [6.45, 7) is 3.59. The molecular weight excluding hydrogens is 356 g/mol. The number of fused-ring (bicyclic) bond motifs is 1. The van der Waals surface area contributed by atoms with E-state index in [0.29, 0.717) is 6.04 Å². The van der Waals surface area contributed by atoms with Gasteiger partial charge in [-0.1, -0.05) is 12.1 Å². The Morgan fingerprint density at radius 3 is 2.89 bits per heavy atom. The van der Waals surface area contributed by atoms with Crippen molar-refractivity contribution in [3.8, 4) is 5.75 Å². The van der Waals surface area contributed by atoms with Crippen LogP contribution in [0.25, 0.3) is 10.2 Å². The number of carbonyl (C=O) groups is 1. The maximum absolute atomic E-state index is 11.8. The number of hydrogen-bond donors (Lipinski definition) is 1. The molecule has 1 fully saturated rings. The standard InChI is InChI=1S/C22H24N2O2S/c1-15(25)16-10-11-20(26-2)17(13-16)14-24-12-6-5-8-19(24)22-23-18-7-3-4-9-21(18)27-22/h3-4,7,9-11,13,19H,5-6,8,12,14H2,1-2H3/p+1/t19-/m0/s1. The summed E-state index contributed by atoms with van der Waals surface area (Å²) in [7, 11) is 1.70. The first kappa shape index (κ1) is 18.1. The summed E-state index contributed by atoms with van der Waals surface area (Å²) in [4.78, 5) is 18.3. The molecule has 1 aromatic heterocycles. The molecule has 27 heavy (non-hydrogen) atoms. The number of carbonyl (C=O) groups excluding carboxylic acids is 1. The monoisotopic (exact) mass is 381 g/mol. The van der Waals surface area contributed by atoms with Gasteiger partial charge in [0.05, 0.1) is 23.9 Å². The molecule has 5 heteroatoms. The van der Waals surface area contributed by atoms with E-state index in [1.165, 1.54) is 27.4 Å². The fourth-order valence-corrected chi connectivity index (χ4v) is 5.17. The molecule has 4 rings (SSSR count). The van der Waals surface area contributed by atoms with E-state index in [9.17, 15) is 4.79 Å². The molecule has 1 unspecified atom stereocenters. The summed E-state index contributed by atoms with van der Waals surface area (Å²) in [6, 6.07) is 14.5. The van der Waals surface area contributed by atoms with E-state index < -0.39 is 0 Å². The Balaban J connectivity index is 1.65. The Labute approximate surface area is 163 Å². The smallest absolute Gasteiger partial charge is 0.159 e. The lowest BCUT2D eigenvalue weighted by molar-refractivity contribution is -0.950. The molecule has 1 aliphatic heterocycles. The number of quaternary nitrogens is 1. The highest BCUT2D eigenvalue weighted by atomic mass is 32.1. The number of piperidine rings is 1. The van der Waals surface area contributed by atoms with E-state index in [2.05, 4.69) is 24.3 Å². The number of Topliss-reactive ketones (excluding diaryl/α,β-unsaturated/α-hetero) is 1. The van der Waals surface area contributed by atoms with E-state index in [-0.39, 0.29) is 5.78 Å². The van der Waals surface area contributed by atoms with Crippen molar-refractivity contribution in [1.82, 2.24) is 4.98 Å². The van der Waals surface area contributed by atoms with E-state index in [1.807, 2.05) is 29.5 Å². The summed E-state index contributed by atoms with van der Waals surface area (Å²) >= 11 is 1.82. The van der Waals surface area contributed by atoms with Crippen molar-refractivity contribution in [2.24, 2.45) is 0 Å². The normalized spacial score (nSPS) is 19.9. The first-order chi connectivity index (χ1) is 13.2. The number of methoxy groups -OCH3 is 1. The Kier molecular flexibility index (Phi) is 5.23. The van der Waals surface area contributed by atoms with Crippen LogP contribution in [0.1, 0.15) is 53.2 Å². The minimum Gasteiger partial charge on any atom is -0.496 e. The lowest BCUT2D eigenvalue weighted by Crippen LogP contribution is -3.11. The fourth-order valence-electron chi connectivity index (χ4n) is 4.01. The van der Waals surface area contributed by atoms with Crippen LogP contribution in [0.15, 0.2) is 42.5 Å². The molecule has 3 aromatic rings. The predicted molar refractivity (Wildman–Crippen MR) is 109 cm³/mol. The van der Waals surface area contributed by atoms with Gasteiger partial charge in [-0.3, -0.25) is 4.79 Å². The highest BCUT2D eigenvalue weighted by Crippen LogP contribution is 2.29. The number of ketones is 1. The van der Waals surface area contributed by atoms with E-state index >= 15 is 0 Å². The van der Waals surface area contributed by atoms with Gasteiger partial charge in [-0.25, -0.2) is 4.98 Å². The molecule has 140 valence electrons. The molecule has 2 heterocycles. The largest absolute Gasteiger partial charge is 0.496 e. The van der Waals surface area contributed by atoms with Crippen LogP contribution in [0, 0.1) is 0 Å². The second-order valence-electron chi connectivity index (χ2n) is 7.24. The van der Waals surface area contributed by atoms with E-state index in [0.717, 1.165) is 41.9 Å². The molecule has 0 saturated carbocycles. The zero-order valence-corrected chi connectivity index (χ0v) is 16.6. The van der Waals surface area contributed by atoms with Crippen LogP contribution in [-0.2, 0) is 6.54 Å². The Morgan fingerprint density at radius 2 is 2.11 bits per heavy atom. The average molecular weight is 382 g/mol. The first-order valence-electron chi connectivity index (χ1n) is 9.53. The number of benzene rings is 2. The van der Waals surface area contributed by atoms with Crippen LogP contribution in [0.5, 0.6) is 5.75 Å². The maximum Gasteiger partial charge on any atom is 0.159 e. The summed E-state index contributed by atoms with van der Waals surface area (Å²) in [5.74, 6) is 0.955. The zero-order valence-electron chi connectivity index (χ0n) is 15.8.